The molecule has 0 aliphatic rings. The maximum Gasteiger partial charge on any atom is 0.134 e. The molecule has 1 aromatic heterocycles. The van der Waals surface area contributed by atoms with Crippen LogP contribution >= 0.6 is 0 Å². The normalized spacial score (nSPS) is 12.5. The van der Waals surface area contributed by atoms with Gasteiger partial charge in [0, 0.05) is 17.5 Å². The fraction of sp³-hybridized carbons (Fsp3) is 0.267. The molecule has 0 spiro atoms. The zero-order chi connectivity index (χ0) is 14.0. The van der Waals surface area contributed by atoms with Crippen molar-refractivity contribution in [1.82, 2.24) is 10.3 Å². The predicted octanol–water partition coefficient (Wildman–Crippen LogP) is 3.29. The van der Waals surface area contributed by atoms with Crippen LogP contribution in [0.2, 0.25) is 0 Å². The predicted molar refractivity (Wildman–Crippen MR) is 71.0 cm³/mol. The van der Waals surface area contributed by atoms with Crippen molar-refractivity contribution in [3.05, 3.63) is 64.5 Å². The highest BCUT2D eigenvalue weighted by molar-refractivity contribution is 5.35. The number of nitrogens with zero attached hydrogens (tertiary/aromatic N) is 1. The number of aromatic nitrogens is 1. The molecule has 2 nitrogen and oxygen atoms in total. The van der Waals surface area contributed by atoms with E-state index in [2.05, 4.69) is 10.3 Å². The van der Waals surface area contributed by atoms with Gasteiger partial charge in [-0.2, -0.15) is 0 Å². The van der Waals surface area contributed by atoms with Crippen molar-refractivity contribution in [3.8, 4) is 0 Å². The summed E-state index contributed by atoms with van der Waals surface area (Å²) in [6.07, 6.45) is 1.64. The Kier molecular flexibility index (Phi) is 3.90. The van der Waals surface area contributed by atoms with Crippen LogP contribution in [0.5, 0.6) is 0 Å². The summed E-state index contributed by atoms with van der Waals surface area (Å²) in [6, 6.07) is 5.83. The highest BCUT2D eigenvalue weighted by atomic mass is 19.1. The second kappa shape index (κ2) is 5.45. The van der Waals surface area contributed by atoms with Crippen molar-refractivity contribution >= 4 is 0 Å². The smallest absolute Gasteiger partial charge is 0.134 e. The van der Waals surface area contributed by atoms with Crippen LogP contribution in [0.25, 0.3) is 0 Å². The molecule has 1 heterocycles. The van der Waals surface area contributed by atoms with Gasteiger partial charge in [0.05, 0.1) is 6.04 Å². The lowest BCUT2D eigenvalue weighted by Gasteiger charge is -2.19. The number of hydrogen-bond donors (Lipinski definition) is 1. The molecule has 0 radical (unpaired) electrons. The molecule has 0 bridgehead atoms. The molecule has 2 aromatic rings. The fourth-order valence-corrected chi connectivity index (χ4v) is 2.07. The fourth-order valence-electron chi connectivity index (χ4n) is 2.07. The van der Waals surface area contributed by atoms with E-state index in [1.807, 2.05) is 19.1 Å². The van der Waals surface area contributed by atoms with Gasteiger partial charge in [-0.25, -0.2) is 8.78 Å². The van der Waals surface area contributed by atoms with Gasteiger partial charge in [-0.1, -0.05) is 12.1 Å². The van der Waals surface area contributed by atoms with Crippen molar-refractivity contribution in [1.29, 1.82) is 0 Å². The number of nitrogens with one attached hydrogen (secondary N) is 1. The molecular formula is C15H16F2N2. The van der Waals surface area contributed by atoms with E-state index in [0.717, 1.165) is 11.3 Å². The first kappa shape index (κ1) is 13.6. The van der Waals surface area contributed by atoms with Crippen LogP contribution in [0.4, 0.5) is 8.78 Å². The zero-order valence-corrected chi connectivity index (χ0v) is 11.2. The average molecular weight is 262 g/mol. The quantitative estimate of drug-likeness (QED) is 0.918. The molecular weight excluding hydrogens is 246 g/mol. The van der Waals surface area contributed by atoms with Gasteiger partial charge in [-0.15, -0.1) is 0 Å². The van der Waals surface area contributed by atoms with Gasteiger partial charge in [-0.3, -0.25) is 4.98 Å². The molecule has 2 rings (SSSR count). The maximum atomic E-state index is 14.2. The van der Waals surface area contributed by atoms with E-state index in [-0.39, 0.29) is 5.56 Å². The topological polar surface area (TPSA) is 24.9 Å². The number of aryl methyl sites for hydroxylation is 2. The lowest BCUT2D eigenvalue weighted by Crippen LogP contribution is -2.21. The van der Waals surface area contributed by atoms with Crippen LogP contribution in [0.1, 0.15) is 28.4 Å². The number of halogens is 2. The van der Waals surface area contributed by atoms with Crippen molar-refractivity contribution in [2.24, 2.45) is 0 Å². The Labute approximate surface area is 111 Å². The third-order valence-corrected chi connectivity index (χ3v) is 3.16. The molecule has 0 aliphatic carbocycles. The molecule has 1 unspecified atom stereocenters. The Hall–Kier alpha value is -1.81. The second-order valence-corrected chi connectivity index (χ2v) is 4.55. The van der Waals surface area contributed by atoms with Crippen LogP contribution in [0.3, 0.4) is 0 Å². The molecule has 0 aliphatic heterocycles. The molecule has 4 heteroatoms. The first-order valence-corrected chi connectivity index (χ1v) is 6.09. The van der Waals surface area contributed by atoms with Gasteiger partial charge < -0.3 is 5.32 Å². The molecule has 0 fully saturated rings. The Morgan fingerprint density at radius 3 is 2.42 bits per heavy atom. The lowest BCUT2D eigenvalue weighted by molar-refractivity contribution is 0.517. The Morgan fingerprint density at radius 2 is 1.84 bits per heavy atom. The van der Waals surface area contributed by atoms with Crippen molar-refractivity contribution in [3.63, 3.8) is 0 Å². The Bertz CT molecular complexity index is 579. The van der Waals surface area contributed by atoms with Crippen LogP contribution < -0.4 is 5.32 Å². The van der Waals surface area contributed by atoms with Crippen LogP contribution in [-0.4, -0.2) is 12.0 Å². The molecule has 1 N–H and O–H groups in total. The maximum absolute atomic E-state index is 14.2. The Morgan fingerprint density at radius 1 is 1.11 bits per heavy atom. The Balaban J connectivity index is 2.54. The summed E-state index contributed by atoms with van der Waals surface area (Å²) in [7, 11) is 1.67. The minimum absolute atomic E-state index is 0.0353. The van der Waals surface area contributed by atoms with Crippen LogP contribution in [0, 0.1) is 25.5 Å². The molecule has 19 heavy (non-hydrogen) atoms. The summed E-state index contributed by atoms with van der Waals surface area (Å²) in [6.45, 7) is 3.49. The van der Waals surface area contributed by atoms with Crippen LogP contribution in [0.15, 0.2) is 30.5 Å². The summed E-state index contributed by atoms with van der Waals surface area (Å²) in [5.41, 5.74) is 2.06. The van der Waals surface area contributed by atoms with E-state index in [1.54, 1.807) is 20.2 Å². The lowest BCUT2D eigenvalue weighted by atomic mass is 9.97. The third-order valence-electron chi connectivity index (χ3n) is 3.16. The van der Waals surface area contributed by atoms with Crippen molar-refractivity contribution in [2.45, 2.75) is 19.9 Å². The van der Waals surface area contributed by atoms with E-state index in [0.29, 0.717) is 5.56 Å². The second-order valence-electron chi connectivity index (χ2n) is 4.55. The van der Waals surface area contributed by atoms with Crippen molar-refractivity contribution in [2.75, 3.05) is 7.05 Å². The first-order chi connectivity index (χ1) is 9.04. The molecule has 100 valence electrons. The average Bonchev–Trinajstić information content (AvgIpc) is 2.40. The molecule has 0 amide bonds. The highest BCUT2D eigenvalue weighted by Gasteiger charge is 2.22. The molecule has 1 atom stereocenters. The van der Waals surface area contributed by atoms with Gasteiger partial charge in [0.15, 0.2) is 0 Å². The molecule has 1 aromatic carbocycles. The summed E-state index contributed by atoms with van der Waals surface area (Å²) in [4.78, 5) is 4.17. The van der Waals surface area contributed by atoms with Crippen molar-refractivity contribution < 1.29 is 8.78 Å². The molecule has 0 saturated heterocycles. The summed E-state index contributed by atoms with van der Waals surface area (Å²) < 4.78 is 28.1. The van der Waals surface area contributed by atoms with Gasteiger partial charge >= 0.3 is 0 Å². The van der Waals surface area contributed by atoms with Gasteiger partial charge in [-0.05, 0) is 44.2 Å². The van der Waals surface area contributed by atoms with Gasteiger partial charge in [0.2, 0.25) is 0 Å². The van der Waals surface area contributed by atoms with E-state index < -0.39 is 17.7 Å². The highest BCUT2D eigenvalue weighted by Crippen LogP contribution is 2.28. The SMILES string of the molecule is CNC(c1ccc(C)nc1)c1c(F)ccc(C)c1F. The largest absolute Gasteiger partial charge is 0.309 e. The van der Waals surface area contributed by atoms with E-state index in [1.165, 1.54) is 12.1 Å². The summed E-state index contributed by atoms with van der Waals surface area (Å²) >= 11 is 0. The summed E-state index contributed by atoms with van der Waals surface area (Å²) in [5.74, 6) is -1.07. The standard InChI is InChI=1S/C15H16F2N2/c1-9-4-7-12(16)13(14(9)17)15(18-3)11-6-5-10(2)19-8-11/h4-8,15,18H,1-3H3. The van der Waals surface area contributed by atoms with E-state index in [4.69, 9.17) is 0 Å². The van der Waals surface area contributed by atoms with Crippen LogP contribution in [-0.2, 0) is 0 Å². The number of pyridine rings is 1. The minimum Gasteiger partial charge on any atom is -0.309 e. The monoisotopic (exact) mass is 262 g/mol. The number of rotatable bonds is 3. The minimum atomic E-state index is -0.553. The summed E-state index contributed by atoms with van der Waals surface area (Å²) in [5, 5.41) is 2.94. The van der Waals surface area contributed by atoms with Gasteiger partial charge in [0.1, 0.15) is 11.6 Å². The van der Waals surface area contributed by atoms with E-state index >= 15 is 0 Å². The number of benzene rings is 1. The van der Waals surface area contributed by atoms with E-state index in [9.17, 15) is 8.78 Å². The third kappa shape index (κ3) is 2.63. The van der Waals surface area contributed by atoms with Gasteiger partial charge in [0.25, 0.3) is 0 Å². The molecule has 0 saturated carbocycles. The first-order valence-electron chi connectivity index (χ1n) is 6.09. The number of hydrogen-bond acceptors (Lipinski definition) is 2. The zero-order valence-electron chi connectivity index (χ0n) is 11.2.